The van der Waals surface area contributed by atoms with Crippen molar-refractivity contribution in [2.24, 2.45) is 0 Å². The second kappa shape index (κ2) is 13.3. The van der Waals surface area contributed by atoms with Crippen molar-refractivity contribution in [1.82, 2.24) is 10.2 Å². The molecule has 7 nitrogen and oxygen atoms in total. The SMILES string of the molecule is CC[C@H](C)NC(=O)[C@H](C)N(Cc1ccc(Br)cc1)C(=O)CN(c1ccc(C)cc1C)S(=O)(=O)c1ccccc1. The van der Waals surface area contributed by atoms with Gasteiger partial charge in [-0.2, -0.15) is 0 Å². The van der Waals surface area contributed by atoms with Gasteiger partial charge in [-0.3, -0.25) is 13.9 Å². The quantitative estimate of drug-likeness (QED) is 0.305. The lowest BCUT2D eigenvalue weighted by atomic mass is 10.1. The number of halogens is 1. The smallest absolute Gasteiger partial charge is 0.264 e. The minimum Gasteiger partial charge on any atom is -0.352 e. The second-order valence-corrected chi connectivity index (χ2v) is 12.5. The van der Waals surface area contributed by atoms with E-state index < -0.39 is 28.5 Å². The number of sulfonamides is 1. The van der Waals surface area contributed by atoms with E-state index in [-0.39, 0.29) is 23.4 Å². The van der Waals surface area contributed by atoms with E-state index in [1.807, 2.05) is 64.1 Å². The number of hydrogen-bond donors (Lipinski definition) is 1. The highest BCUT2D eigenvalue weighted by atomic mass is 79.9. The number of carbonyl (C=O) groups excluding carboxylic acids is 2. The number of nitrogens with zero attached hydrogens (tertiary/aromatic N) is 2. The molecule has 0 aliphatic rings. The van der Waals surface area contributed by atoms with E-state index in [2.05, 4.69) is 21.2 Å². The number of anilines is 1. The number of benzene rings is 3. The van der Waals surface area contributed by atoms with Crippen LogP contribution in [-0.4, -0.2) is 43.8 Å². The number of rotatable bonds is 11. The summed E-state index contributed by atoms with van der Waals surface area (Å²) in [5.74, 6) is -0.775. The highest BCUT2D eigenvalue weighted by Crippen LogP contribution is 2.28. The van der Waals surface area contributed by atoms with Crippen LogP contribution in [0.1, 0.15) is 43.9 Å². The van der Waals surface area contributed by atoms with Crippen molar-refractivity contribution in [3.63, 3.8) is 0 Å². The van der Waals surface area contributed by atoms with Crippen molar-refractivity contribution < 1.29 is 18.0 Å². The van der Waals surface area contributed by atoms with Gasteiger partial charge in [-0.05, 0) is 75.6 Å². The first-order chi connectivity index (χ1) is 18.4. The summed E-state index contributed by atoms with van der Waals surface area (Å²) < 4.78 is 29.8. The van der Waals surface area contributed by atoms with Crippen molar-refractivity contribution in [1.29, 1.82) is 0 Å². The van der Waals surface area contributed by atoms with Gasteiger partial charge in [0.05, 0.1) is 10.6 Å². The van der Waals surface area contributed by atoms with Crippen LogP contribution in [0.5, 0.6) is 0 Å². The average Bonchev–Trinajstić information content (AvgIpc) is 2.91. The molecular weight excluding hydrogens is 578 g/mol. The standard InChI is InChI=1S/C30H36BrN3O4S/c1-6-23(4)32-30(36)24(5)33(19-25-13-15-26(31)16-14-25)29(35)20-34(28-17-12-21(2)18-22(28)3)39(37,38)27-10-8-7-9-11-27/h7-18,23-24H,6,19-20H2,1-5H3,(H,32,36)/t23-,24-/m0/s1. The summed E-state index contributed by atoms with van der Waals surface area (Å²) in [4.78, 5) is 28.6. The summed E-state index contributed by atoms with van der Waals surface area (Å²) in [7, 11) is -4.09. The molecule has 0 fully saturated rings. The van der Waals surface area contributed by atoms with Gasteiger partial charge in [-0.15, -0.1) is 0 Å². The molecule has 0 heterocycles. The van der Waals surface area contributed by atoms with Crippen LogP contribution in [0, 0.1) is 13.8 Å². The van der Waals surface area contributed by atoms with Crippen molar-refractivity contribution in [2.45, 2.75) is 64.6 Å². The minimum atomic E-state index is -4.09. The Morgan fingerprint density at radius 2 is 1.59 bits per heavy atom. The maximum absolute atomic E-state index is 14.0. The van der Waals surface area contributed by atoms with Gasteiger partial charge in [0, 0.05) is 17.1 Å². The molecule has 3 aromatic carbocycles. The van der Waals surface area contributed by atoms with Crippen LogP contribution in [0.4, 0.5) is 5.69 Å². The van der Waals surface area contributed by atoms with Crippen LogP contribution in [0.15, 0.2) is 82.2 Å². The van der Waals surface area contributed by atoms with E-state index >= 15 is 0 Å². The predicted molar refractivity (Wildman–Crippen MR) is 159 cm³/mol. The van der Waals surface area contributed by atoms with E-state index in [0.717, 1.165) is 31.9 Å². The second-order valence-electron chi connectivity index (χ2n) is 9.76. The van der Waals surface area contributed by atoms with E-state index in [1.54, 1.807) is 31.2 Å². The van der Waals surface area contributed by atoms with Gasteiger partial charge in [-0.25, -0.2) is 8.42 Å². The molecule has 1 N–H and O–H groups in total. The number of hydrogen-bond acceptors (Lipinski definition) is 4. The molecule has 0 radical (unpaired) electrons. The molecule has 2 atom stereocenters. The van der Waals surface area contributed by atoms with E-state index in [0.29, 0.717) is 5.69 Å². The molecule has 3 rings (SSSR count). The van der Waals surface area contributed by atoms with Gasteiger partial charge in [0.25, 0.3) is 10.0 Å². The molecule has 39 heavy (non-hydrogen) atoms. The molecule has 0 saturated heterocycles. The maximum Gasteiger partial charge on any atom is 0.264 e. The Labute approximate surface area is 240 Å². The Hall–Kier alpha value is -3.17. The lowest BCUT2D eigenvalue weighted by Gasteiger charge is -2.33. The number of aryl methyl sites for hydroxylation is 2. The highest BCUT2D eigenvalue weighted by molar-refractivity contribution is 9.10. The van der Waals surface area contributed by atoms with Crippen LogP contribution in [-0.2, 0) is 26.2 Å². The lowest BCUT2D eigenvalue weighted by molar-refractivity contribution is -0.139. The van der Waals surface area contributed by atoms with Gasteiger partial charge in [0.15, 0.2) is 0 Å². The van der Waals surface area contributed by atoms with E-state index in [4.69, 9.17) is 0 Å². The van der Waals surface area contributed by atoms with Crippen LogP contribution in [0.3, 0.4) is 0 Å². The summed E-state index contributed by atoms with van der Waals surface area (Å²) in [6.45, 7) is 8.97. The summed E-state index contributed by atoms with van der Waals surface area (Å²) >= 11 is 3.42. The fourth-order valence-electron chi connectivity index (χ4n) is 4.15. The van der Waals surface area contributed by atoms with Gasteiger partial charge >= 0.3 is 0 Å². The fraction of sp³-hybridized carbons (Fsp3) is 0.333. The van der Waals surface area contributed by atoms with Crippen LogP contribution in [0.25, 0.3) is 0 Å². The Balaban J connectivity index is 2.04. The maximum atomic E-state index is 14.0. The summed E-state index contributed by atoms with van der Waals surface area (Å²) in [6.07, 6.45) is 0.745. The fourth-order valence-corrected chi connectivity index (χ4v) is 5.92. The predicted octanol–water partition coefficient (Wildman–Crippen LogP) is 5.59. The van der Waals surface area contributed by atoms with Crippen molar-refractivity contribution in [3.05, 3.63) is 94.0 Å². The van der Waals surface area contributed by atoms with Crippen LogP contribution < -0.4 is 9.62 Å². The molecule has 0 saturated carbocycles. The number of nitrogens with one attached hydrogen (secondary N) is 1. The van der Waals surface area contributed by atoms with E-state index in [1.165, 1.54) is 17.0 Å². The topological polar surface area (TPSA) is 86.8 Å². The minimum absolute atomic E-state index is 0.0604. The van der Waals surface area contributed by atoms with Gasteiger partial charge in [0.1, 0.15) is 12.6 Å². The van der Waals surface area contributed by atoms with Crippen molar-refractivity contribution in [3.8, 4) is 0 Å². The summed E-state index contributed by atoms with van der Waals surface area (Å²) in [6, 6.07) is 20.1. The number of carbonyl (C=O) groups is 2. The third-order valence-electron chi connectivity index (χ3n) is 6.67. The molecule has 0 bridgehead atoms. The van der Waals surface area contributed by atoms with Crippen molar-refractivity contribution in [2.75, 3.05) is 10.8 Å². The first kappa shape index (κ1) is 30.4. The molecule has 208 valence electrons. The third kappa shape index (κ3) is 7.70. The molecule has 0 aliphatic heterocycles. The third-order valence-corrected chi connectivity index (χ3v) is 8.97. The molecule has 3 aromatic rings. The molecule has 0 aromatic heterocycles. The Morgan fingerprint density at radius 3 is 2.18 bits per heavy atom. The normalized spacial score (nSPS) is 12.9. The van der Waals surface area contributed by atoms with E-state index in [9.17, 15) is 18.0 Å². The number of amides is 2. The largest absolute Gasteiger partial charge is 0.352 e. The van der Waals surface area contributed by atoms with Gasteiger partial charge < -0.3 is 10.2 Å². The first-order valence-corrected chi connectivity index (χ1v) is 15.2. The summed E-state index contributed by atoms with van der Waals surface area (Å²) in [5.41, 5.74) is 2.94. The Bertz CT molecular complexity index is 1400. The Morgan fingerprint density at radius 1 is 0.949 bits per heavy atom. The van der Waals surface area contributed by atoms with Crippen LogP contribution in [0.2, 0.25) is 0 Å². The van der Waals surface area contributed by atoms with Gasteiger partial charge in [-0.1, -0.05) is 70.9 Å². The van der Waals surface area contributed by atoms with Crippen molar-refractivity contribution >= 4 is 43.5 Å². The van der Waals surface area contributed by atoms with Gasteiger partial charge in [0.2, 0.25) is 11.8 Å². The summed E-state index contributed by atoms with van der Waals surface area (Å²) in [5, 5.41) is 2.94. The zero-order valence-electron chi connectivity index (χ0n) is 23.0. The molecule has 0 aliphatic carbocycles. The average molecular weight is 615 g/mol. The molecule has 0 unspecified atom stereocenters. The molecule has 0 spiro atoms. The monoisotopic (exact) mass is 613 g/mol. The lowest BCUT2D eigenvalue weighted by Crippen LogP contribution is -2.52. The highest BCUT2D eigenvalue weighted by Gasteiger charge is 2.33. The molecule has 9 heteroatoms. The zero-order valence-corrected chi connectivity index (χ0v) is 25.4. The van der Waals surface area contributed by atoms with Crippen LogP contribution >= 0.6 is 15.9 Å². The molecular formula is C30H36BrN3O4S. The zero-order chi connectivity index (χ0) is 28.7. The Kier molecular flexibility index (Phi) is 10.3. The first-order valence-electron chi connectivity index (χ1n) is 12.9. The molecule has 2 amide bonds.